The fraction of sp³-hybridized carbons (Fsp3) is 0.238. The predicted molar refractivity (Wildman–Crippen MR) is 103 cm³/mol. The number of nitrogens with zero attached hydrogens (tertiary/aromatic N) is 1. The average molecular weight is 362 g/mol. The maximum atomic E-state index is 14.5. The summed E-state index contributed by atoms with van der Waals surface area (Å²) < 4.78 is 14.5. The number of carbonyl (C=O) groups is 1. The smallest absolute Gasteiger partial charge is 0.316 e. The van der Waals surface area contributed by atoms with E-state index in [9.17, 15) is 9.18 Å². The first-order chi connectivity index (χ1) is 13.2. The highest BCUT2D eigenvalue weighted by Gasteiger charge is 2.54. The maximum absolute atomic E-state index is 14.5. The molecule has 2 aliphatic rings. The Bertz CT molecular complexity index is 1020. The van der Waals surface area contributed by atoms with Crippen molar-refractivity contribution in [2.24, 2.45) is 11.8 Å². The summed E-state index contributed by atoms with van der Waals surface area (Å²) in [6.45, 7) is 1.94. The first kappa shape index (κ1) is 16.2. The van der Waals surface area contributed by atoms with Crippen LogP contribution in [-0.2, 0) is 0 Å². The molecule has 0 bridgehead atoms. The zero-order chi connectivity index (χ0) is 18.4. The van der Waals surface area contributed by atoms with Crippen LogP contribution < -0.4 is 16.0 Å². The van der Waals surface area contributed by atoms with Crippen molar-refractivity contribution >= 4 is 28.2 Å². The lowest BCUT2D eigenvalue weighted by molar-refractivity contribution is 0.262. The van der Waals surface area contributed by atoms with E-state index in [-0.39, 0.29) is 5.82 Å². The summed E-state index contributed by atoms with van der Waals surface area (Å²) in [6, 6.07) is 12.0. The number of hydrogen-bond donors (Lipinski definition) is 3. The Balaban J connectivity index is 1.30. The van der Waals surface area contributed by atoms with Gasteiger partial charge in [-0.1, -0.05) is 18.2 Å². The summed E-state index contributed by atoms with van der Waals surface area (Å²) in [7, 11) is 0. The van der Waals surface area contributed by atoms with E-state index in [1.54, 1.807) is 24.5 Å². The molecule has 1 saturated carbocycles. The number of halogens is 1. The fourth-order valence-electron chi connectivity index (χ4n) is 4.27. The van der Waals surface area contributed by atoms with Gasteiger partial charge >= 0.3 is 6.03 Å². The second-order valence-corrected chi connectivity index (χ2v) is 7.23. The van der Waals surface area contributed by atoms with E-state index in [1.807, 2.05) is 24.3 Å². The largest absolute Gasteiger partial charge is 0.323 e. The van der Waals surface area contributed by atoms with E-state index in [2.05, 4.69) is 20.9 Å². The van der Waals surface area contributed by atoms with Crippen LogP contribution in [0, 0.1) is 17.7 Å². The van der Waals surface area contributed by atoms with E-state index in [4.69, 9.17) is 0 Å². The van der Waals surface area contributed by atoms with Gasteiger partial charge in [-0.2, -0.15) is 0 Å². The van der Waals surface area contributed by atoms with Gasteiger partial charge in [0.2, 0.25) is 0 Å². The maximum Gasteiger partial charge on any atom is 0.323 e. The van der Waals surface area contributed by atoms with Crippen LogP contribution in [0.3, 0.4) is 0 Å². The summed E-state index contributed by atoms with van der Waals surface area (Å²) >= 11 is 0. The molecule has 3 aromatic rings. The van der Waals surface area contributed by atoms with Crippen molar-refractivity contribution < 1.29 is 9.18 Å². The topological polar surface area (TPSA) is 66.1 Å². The highest BCUT2D eigenvalue weighted by molar-refractivity contribution is 6.06. The molecule has 2 aromatic carbocycles. The molecule has 2 fully saturated rings. The Kier molecular flexibility index (Phi) is 3.79. The summed E-state index contributed by atoms with van der Waals surface area (Å²) in [5.74, 6) is 1.19. The molecule has 2 atom stereocenters. The minimum absolute atomic E-state index is 0.247. The number of nitrogens with one attached hydrogen (secondary N) is 3. The third-order valence-corrected chi connectivity index (χ3v) is 5.64. The Morgan fingerprint density at radius 3 is 2.78 bits per heavy atom. The van der Waals surface area contributed by atoms with Gasteiger partial charge in [0, 0.05) is 28.9 Å². The first-order valence-electron chi connectivity index (χ1n) is 9.11. The molecular formula is C21H19FN4O. The fourth-order valence-corrected chi connectivity index (χ4v) is 4.27. The van der Waals surface area contributed by atoms with Crippen LogP contribution in [0.4, 0.5) is 20.6 Å². The number of rotatable bonds is 3. The summed E-state index contributed by atoms with van der Waals surface area (Å²) in [4.78, 5) is 16.4. The molecule has 2 heterocycles. The molecule has 136 valence electrons. The number of aromatic nitrogens is 1. The SMILES string of the molecule is O=C(Nc1ccc(C2C3CNCC32)c(F)c1)Nc1cccc2cnccc12. The quantitative estimate of drug-likeness (QED) is 0.661. The van der Waals surface area contributed by atoms with E-state index >= 15 is 0 Å². The lowest BCUT2D eigenvalue weighted by atomic mass is 10.1. The molecule has 1 aliphatic heterocycles. The molecule has 1 saturated heterocycles. The van der Waals surface area contributed by atoms with Crippen LogP contribution in [0.15, 0.2) is 54.9 Å². The normalized spacial score (nSPS) is 23.1. The number of hydrogen-bond acceptors (Lipinski definition) is 3. The Hall–Kier alpha value is -2.99. The minimum Gasteiger partial charge on any atom is -0.316 e. The van der Waals surface area contributed by atoms with Gasteiger partial charge in [0.15, 0.2) is 0 Å². The second-order valence-electron chi connectivity index (χ2n) is 7.23. The Morgan fingerprint density at radius 2 is 1.96 bits per heavy atom. The third kappa shape index (κ3) is 2.92. The van der Waals surface area contributed by atoms with Crippen LogP contribution in [0.2, 0.25) is 0 Å². The molecular weight excluding hydrogens is 343 g/mol. The van der Waals surface area contributed by atoms with Gasteiger partial charge < -0.3 is 16.0 Å². The molecule has 1 aromatic heterocycles. The third-order valence-electron chi connectivity index (χ3n) is 5.64. The average Bonchev–Trinajstić information content (AvgIpc) is 3.12. The van der Waals surface area contributed by atoms with Gasteiger partial charge in [-0.15, -0.1) is 0 Å². The van der Waals surface area contributed by atoms with Crippen LogP contribution >= 0.6 is 0 Å². The molecule has 2 unspecified atom stereocenters. The summed E-state index contributed by atoms with van der Waals surface area (Å²) in [6.07, 6.45) is 3.43. The number of anilines is 2. The Labute approximate surface area is 156 Å². The van der Waals surface area contributed by atoms with E-state index in [0.29, 0.717) is 29.1 Å². The zero-order valence-corrected chi connectivity index (χ0v) is 14.6. The molecule has 3 N–H and O–H groups in total. The highest BCUT2D eigenvalue weighted by atomic mass is 19.1. The number of benzene rings is 2. The Morgan fingerprint density at radius 1 is 1.11 bits per heavy atom. The van der Waals surface area contributed by atoms with Crippen molar-refractivity contribution in [3.63, 3.8) is 0 Å². The number of fused-ring (bicyclic) bond motifs is 2. The van der Waals surface area contributed by atoms with Crippen LogP contribution in [-0.4, -0.2) is 24.1 Å². The van der Waals surface area contributed by atoms with Crippen molar-refractivity contribution in [2.75, 3.05) is 23.7 Å². The zero-order valence-electron chi connectivity index (χ0n) is 14.6. The number of carbonyl (C=O) groups excluding carboxylic acids is 1. The van der Waals surface area contributed by atoms with Crippen LogP contribution in [0.25, 0.3) is 10.8 Å². The van der Waals surface area contributed by atoms with Gasteiger partial charge in [0.25, 0.3) is 0 Å². The van der Waals surface area contributed by atoms with Gasteiger partial charge in [0.05, 0.1) is 5.69 Å². The van der Waals surface area contributed by atoms with Crippen LogP contribution in [0.5, 0.6) is 0 Å². The van der Waals surface area contributed by atoms with E-state index < -0.39 is 6.03 Å². The second kappa shape index (κ2) is 6.32. The highest BCUT2D eigenvalue weighted by Crippen LogP contribution is 2.56. The molecule has 0 spiro atoms. The number of amides is 2. The minimum atomic E-state index is -0.404. The number of piperidine rings is 1. The lowest BCUT2D eigenvalue weighted by Gasteiger charge is -2.12. The van der Waals surface area contributed by atoms with E-state index in [0.717, 1.165) is 29.4 Å². The first-order valence-corrected chi connectivity index (χ1v) is 9.11. The predicted octanol–water partition coefficient (Wildman–Crippen LogP) is 3.95. The molecule has 27 heavy (non-hydrogen) atoms. The molecule has 2 amide bonds. The van der Waals surface area contributed by atoms with Gasteiger partial charge in [-0.05, 0) is 60.7 Å². The summed E-state index contributed by atoms with van der Waals surface area (Å²) in [5, 5.41) is 10.7. The van der Waals surface area contributed by atoms with Gasteiger partial charge in [-0.3, -0.25) is 4.98 Å². The van der Waals surface area contributed by atoms with Crippen molar-refractivity contribution in [3.8, 4) is 0 Å². The van der Waals surface area contributed by atoms with Gasteiger partial charge in [0.1, 0.15) is 5.82 Å². The van der Waals surface area contributed by atoms with Gasteiger partial charge in [-0.25, -0.2) is 9.18 Å². The summed E-state index contributed by atoms with van der Waals surface area (Å²) in [5.41, 5.74) is 1.89. The molecule has 6 heteroatoms. The molecule has 1 aliphatic carbocycles. The molecule has 5 nitrogen and oxygen atoms in total. The lowest BCUT2D eigenvalue weighted by Crippen LogP contribution is -2.20. The molecule has 0 radical (unpaired) electrons. The van der Waals surface area contributed by atoms with E-state index in [1.165, 1.54) is 6.07 Å². The van der Waals surface area contributed by atoms with Crippen molar-refractivity contribution in [3.05, 3.63) is 66.2 Å². The number of urea groups is 1. The van der Waals surface area contributed by atoms with Crippen molar-refractivity contribution in [2.45, 2.75) is 5.92 Å². The van der Waals surface area contributed by atoms with Crippen LogP contribution in [0.1, 0.15) is 11.5 Å². The van der Waals surface area contributed by atoms with Crippen molar-refractivity contribution in [1.82, 2.24) is 10.3 Å². The monoisotopic (exact) mass is 362 g/mol. The van der Waals surface area contributed by atoms with Crippen molar-refractivity contribution in [1.29, 1.82) is 0 Å². The standard InChI is InChI=1S/C21H19FN4O/c22-18-8-13(4-5-15(18)20-16-10-24-11-17(16)20)25-21(27)26-19-3-1-2-12-9-23-7-6-14(12)19/h1-9,16-17,20,24H,10-11H2,(H2,25,26,27). The molecule has 5 rings (SSSR count). The number of pyridine rings is 1.